The van der Waals surface area contributed by atoms with E-state index in [4.69, 9.17) is 9.47 Å². The van der Waals surface area contributed by atoms with Gasteiger partial charge in [0, 0.05) is 13.8 Å². The minimum Gasteiger partial charge on any atom is -0.457 e. The summed E-state index contributed by atoms with van der Waals surface area (Å²) < 4.78 is 10.3. The van der Waals surface area contributed by atoms with E-state index in [9.17, 15) is 0 Å². The lowest BCUT2D eigenvalue weighted by molar-refractivity contribution is -0.115. The molecule has 2 nitrogen and oxygen atoms in total. The van der Waals surface area contributed by atoms with Crippen LogP contribution in [0.3, 0.4) is 0 Å². The van der Waals surface area contributed by atoms with E-state index in [1.165, 1.54) is 0 Å². The van der Waals surface area contributed by atoms with E-state index >= 15 is 0 Å². The van der Waals surface area contributed by atoms with Crippen LogP contribution >= 0.6 is 0 Å². The Morgan fingerprint density at radius 3 is 1.90 bits per heavy atom. The van der Waals surface area contributed by atoms with Crippen molar-refractivity contribution in [3.63, 3.8) is 0 Å². The number of hydrogen-bond acceptors (Lipinski definition) is 2. The number of ether oxygens (including phenoxy) is 2. The molecule has 1 rings (SSSR count). The molecule has 2 heteroatoms. The van der Waals surface area contributed by atoms with Crippen molar-refractivity contribution >= 4 is 0 Å². The van der Waals surface area contributed by atoms with E-state index in [0.29, 0.717) is 0 Å². The van der Waals surface area contributed by atoms with Gasteiger partial charge in [-0.2, -0.15) is 0 Å². The molecule has 0 amide bonds. The van der Waals surface area contributed by atoms with Gasteiger partial charge in [0.15, 0.2) is 0 Å². The Kier molecular flexibility index (Phi) is 3.26. The van der Waals surface area contributed by atoms with Crippen LogP contribution in [0.5, 0.6) is 0 Å². The lowest BCUT2D eigenvalue weighted by atomic mass is 10.4. The molecule has 0 spiro atoms. The zero-order valence-electron chi connectivity index (χ0n) is 7.39. The Balaban J connectivity index is 0.000000371. The van der Waals surface area contributed by atoms with Crippen molar-refractivity contribution in [3.8, 4) is 0 Å². The lowest BCUT2D eigenvalue weighted by Gasteiger charge is -2.16. The second-order valence-electron chi connectivity index (χ2n) is 2.35. The van der Waals surface area contributed by atoms with E-state index in [1.807, 2.05) is 34.6 Å². The van der Waals surface area contributed by atoms with Crippen LogP contribution in [-0.4, -0.2) is 5.79 Å². The first-order chi connectivity index (χ1) is 4.60. The predicted molar refractivity (Wildman–Crippen MR) is 41.4 cm³/mol. The number of hydrogen-bond donors (Lipinski definition) is 0. The van der Waals surface area contributed by atoms with E-state index in [2.05, 4.69) is 0 Å². The van der Waals surface area contributed by atoms with Gasteiger partial charge in [-0.15, -0.1) is 0 Å². The molecule has 0 N–H and O–H groups in total. The summed E-state index contributed by atoms with van der Waals surface area (Å²) in [5, 5.41) is 0. The number of allylic oxidation sites excluding steroid dienone is 1. The first kappa shape index (κ1) is 9.34. The summed E-state index contributed by atoms with van der Waals surface area (Å²) in [6.07, 6.45) is 1.62. The van der Waals surface area contributed by atoms with Crippen molar-refractivity contribution in [2.45, 2.75) is 40.4 Å². The van der Waals surface area contributed by atoms with Crippen LogP contribution in [0.4, 0.5) is 0 Å². The quantitative estimate of drug-likeness (QED) is 0.520. The maximum Gasteiger partial charge on any atom is 0.244 e. The highest BCUT2D eigenvalue weighted by molar-refractivity contribution is 4.90. The van der Waals surface area contributed by atoms with Crippen LogP contribution in [-0.2, 0) is 9.47 Å². The van der Waals surface area contributed by atoms with Gasteiger partial charge in [0.2, 0.25) is 5.79 Å². The first-order valence-electron chi connectivity index (χ1n) is 3.64. The van der Waals surface area contributed by atoms with Crippen molar-refractivity contribution in [2.75, 3.05) is 0 Å². The predicted octanol–water partition coefficient (Wildman–Crippen LogP) is 2.66. The van der Waals surface area contributed by atoms with Gasteiger partial charge in [-0.3, -0.25) is 0 Å². The third-order valence-corrected chi connectivity index (χ3v) is 0.915. The summed E-state index contributed by atoms with van der Waals surface area (Å²) >= 11 is 0. The largest absolute Gasteiger partial charge is 0.457 e. The Morgan fingerprint density at radius 2 is 1.80 bits per heavy atom. The van der Waals surface area contributed by atoms with Crippen LogP contribution < -0.4 is 0 Å². The molecule has 1 aliphatic rings. The average Bonchev–Trinajstić information content (AvgIpc) is 2.15. The van der Waals surface area contributed by atoms with E-state index in [-0.39, 0.29) is 0 Å². The molecule has 0 aromatic carbocycles. The number of rotatable bonds is 0. The molecule has 0 unspecified atom stereocenters. The van der Waals surface area contributed by atoms with Crippen LogP contribution in [0, 0.1) is 0 Å². The van der Waals surface area contributed by atoms with Gasteiger partial charge in [0.25, 0.3) is 0 Å². The average molecular weight is 144 g/mol. The van der Waals surface area contributed by atoms with Gasteiger partial charge < -0.3 is 9.47 Å². The molecule has 10 heavy (non-hydrogen) atoms. The summed E-state index contributed by atoms with van der Waals surface area (Å²) in [6, 6.07) is 0. The summed E-state index contributed by atoms with van der Waals surface area (Å²) in [6.45, 7) is 9.62. The van der Waals surface area contributed by atoms with Gasteiger partial charge >= 0.3 is 0 Å². The zero-order chi connectivity index (χ0) is 8.20. The lowest BCUT2D eigenvalue weighted by Crippen LogP contribution is -2.19. The highest BCUT2D eigenvalue weighted by atomic mass is 16.7. The van der Waals surface area contributed by atoms with Gasteiger partial charge in [-0.25, -0.2) is 0 Å². The molecule has 0 aromatic rings. The molecule has 0 saturated heterocycles. The molecule has 60 valence electrons. The molecule has 0 saturated carbocycles. The van der Waals surface area contributed by atoms with Gasteiger partial charge in [0.1, 0.15) is 12.0 Å². The first-order valence-corrected chi connectivity index (χ1v) is 3.64. The molecular formula is C8H16O2. The topological polar surface area (TPSA) is 18.5 Å². The van der Waals surface area contributed by atoms with Crippen LogP contribution in [0.25, 0.3) is 0 Å². The van der Waals surface area contributed by atoms with Crippen LogP contribution in [0.2, 0.25) is 0 Å². The molecule has 0 fully saturated rings. The summed E-state index contributed by atoms with van der Waals surface area (Å²) in [5.41, 5.74) is 0. The fourth-order valence-electron chi connectivity index (χ4n) is 0.661. The van der Waals surface area contributed by atoms with Crippen LogP contribution in [0.1, 0.15) is 34.6 Å². The molecular weight excluding hydrogens is 128 g/mol. The minimum absolute atomic E-state index is 0.427. The fourth-order valence-corrected chi connectivity index (χ4v) is 0.661. The monoisotopic (exact) mass is 144 g/mol. The standard InChI is InChI=1S/C6H10O2.C2H6/c1-5-4-7-6(2,3)8-5;1-2/h4H,1-3H3;1-2H3. The Bertz CT molecular complexity index is 125. The third-order valence-electron chi connectivity index (χ3n) is 0.915. The molecule has 0 bridgehead atoms. The molecule has 1 heterocycles. The Morgan fingerprint density at radius 1 is 1.30 bits per heavy atom. The molecule has 0 aliphatic carbocycles. The van der Waals surface area contributed by atoms with E-state index < -0.39 is 5.79 Å². The molecule has 0 aromatic heterocycles. The summed E-state index contributed by atoms with van der Waals surface area (Å²) in [5.74, 6) is 0.416. The van der Waals surface area contributed by atoms with Crippen molar-refractivity contribution in [3.05, 3.63) is 12.0 Å². The maximum atomic E-state index is 5.19. The Hall–Kier alpha value is -0.660. The van der Waals surface area contributed by atoms with Crippen molar-refractivity contribution in [1.82, 2.24) is 0 Å². The highest BCUT2D eigenvalue weighted by Crippen LogP contribution is 2.22. The van der Waals surface area contributed by atoms with Gasteiger partial charge in [0.05, 0.1) is 0 Å². The van der Waals surface area contributed by atoms with Crippen molar-refractivity contribution in [1.29, 1.82) is 0 Å². The normalized spacial score (nSPS) is 19.5. The van der Waals surface area contributed by atoms with E-state index in [0.717, 1.165) is 5.76 Å². The molecule has 0 atom stereocenters. The third kappa shape index (κ3) is 2.76. The maximum absolute atomic E-state index is 5.19. The SMILES string of the molecule is CC.CC1=COC(C)(C)O1. The Labute approximate surface area is 62.8 Å². The zero-order valence-corrected chi connectivity index (χ0v) is 7.39. The minimum atomic E-state index is -0.427. The molecule has 0 radical (unpaired) electrons. The van der Waals surface area contributed by atoms with Crippen LogP contribution in [0.15, 0.2) is 12.0 Å². The second kappa shape index (κ2) is 3.49. The highest BCUT2D eigenvalue weighted by Gasteiger charge is 2.24. The second-order valence-corrected chi connectivity index (χ2v) is 2.35. The fraction of sp³-hybridized carbons (Fsp3) is 0.750. The summed E-state index contributed by atoms with van der Waals surface area (Å²) in [7, 11) is 0. The summed E-state index contributed by atoms with van der Waals surface area (Å²) in [4.78, 5) is 0. The van der Waals surface area contributed by atoms with Crippen molar-refractivity contribution in [2.24, 2.45) is 0 Å². The molecule has 1 aliphatic heterocycles. The van der Waals surface area contributed by atoms with Crippen molar-refractivity contribution < 1.29 is 9.47 Å². The van der Waals surface area contributed by atoms with E-state index in [1.54, 1.807) is 6.26 Å². The van der Waals surface area contributed by atoms with Gasteiger partial charge in [-0.05, 0) is 6.92 Å². The smallest absolute Gasteiger partial charge is 0.244 e. The van der Waals surface area contributed by atoms with Gasteiger partial charge in [-0.1, -0.05) is 13.8 Å².